The van der Waals surface area contributed by atoms with E-state index in [1.807, 2.05) is 57.3 Å². The zero-order valence-electron chi connectivity index (χ0n) is 24.0. The number of aryl methyl sites for hydroxylation is 2. The van der Waals surface area contributed by atoms with E-state index in [1.165, 1.54) is 27.8 Å². The zero-order valence-corrected chi connectivity index (χ0v) is 24.0. The van der Waals surface area contributed by atoms with Gasteiger partial charge in [0.2, 0.25) is 0 Å². The second-order valence-corrected chi connectivity index (χ2v) is 9.43. The Kier molecular flexibility index (Phi) is 12.6. The van der Waals surface area contributed by atoms with Crippen LogP contribution in [0.2, 0.25) is 0 Å². The van der Waals surface area contributed by atoms with Crippen molar-refractivity contribution in [2.24, 2.45) is 11.7 Å². The minimum atomic E-state index is -0.141. The number of para-hydroxylation sites is 1. The molecule has 1 heterocycles. The molecule has 4 nitrogen and oxygen atoms in total. The van der Waals surface area contributed by atoms with Gasteiger partial charge in [0.05, 0.1) is 6.04 Å². The van der Waals surface area contributed by atoms with Gasteiger partial charge in [-0.15, -0.1) is 0 Å². The summed E-state index contributed by atoms with van der Waals surface area (Å²) < 4.78 is 0. The van der Waals surface area contributed by atoms with Gasteiger partial charge in [-0.3, -0.25) is 0 Å². The molecule has 3 aromatic rings. The fourth-order valence-electron chi connectivity index (χ4n) is 4.53. The maximum Gasteiger partial charge on any atom is 0.108 e. The van der Waals surface area contributed by atoms with Crippen LogP contribution in [-0.2, 0) is 6.42 Å². The average Bonchev–Trinajstić information content (AvgIpc) is 2.93. The van der Waals surface area contributed by atoms with E-state index in [9.17, 15) is 0 Å². The molecule has 4 rings (SSSR count). The normalized spacial score (nSPS) is 17.2. The van der Waals surface area contributed by atoms with Crippen molar-refractivity contribution in [2.75, 3.05) is 12.4 Å². The molecule has 0 spiro atoms. The van der Waals surface area contributed by atoms with Gasteiger partial charge in [-0.25, -0.2) is 0 Å². The number of anilines is 1. The van der Waals surface area contributed by atoms with E-state index < -0.39 is 0 Å². The first-order valence-electron chi connectivity index (χ1n) is 13.5. The summed E-state index contributed by atoms with van der Waals surface area (Å²) in [5, 5.41) is 10.3. The van der Waals surface area contributed by atoms with Crippen molar-refractivity contribution >= 4 is 11.8 Å². The molecule has 3 atom stereocenters. The molecule has 38 heavy (non-hydrogen) atoms. The van der Waals surface area contributed by atoms with Gasteiger partial charge in [0.15, 0.2) is 0 Å². The van der Waals surface area contributed by atoms with Gasteiger partial charge in [-0.05, 0) is 63.1 Å². The lowest BCUT2D eigenvalue weighted by Crippen LogP contribution is -2.49. The molecule has 0 saturated heterocycles. The Morgan fingerprint density at radius 1 is 0.947 bits per heavy atom. The van der Waals surface area contributed by atoms with Crippen molar-refractivity contribution in [3.8, 4) is 0 Å². The summed E-state index contributed by atoms with van der Waals surface area (Å²) in [6, 6.07) is 27.1. The molecule has 202 valence electrons. The van der Waals surface area contributed by atoms with Gasteiger partial charge in [-0.2, -0.15) is 0 Å². The standard InChI is InChI=1S/C23H30N4.C9H10.C2H6/c1-15-9-8-10-18(13-15)14-20-21(16(2)25-4)23(26-17(3)22(20)24)27-19-11-6-5-7-12-19;1-3-9-6-4-5-8(2)7-9;1-2/h5-13,16,20,22,25-27H,3,14,24H2,1-2,4H3;3-7H,1H2,2H3;1-2H3. The second-order valence-electron chi connectivity index (χ2n) is 9.43. The highest BCUT2D eigenvalue weighted by Crippen LogP contribution is 2.32. The summed E-state index contributed by atoms with van der Waals surface area (Å²) in [6.07, 6.45) is 2.73. The summed E-state index contributed by atoms with van der Waals surface area (Å²) in [6.45, 7) is 18.2. The molecule has 1 aliphatic rings. The molecule has 0 fully saturated rings. The first-order chi connectivity index (χ1) is 18.3. The zero-order chi connectivity index (χ0) is 28.1. The predicted molar refractivity (Wildman–Crippen MR) is 167 cm³/mol. The Labute approximate surface area is 230 Å². The maximum absolute atomic E-state index is 6.60. The molecule has 3 aromatic carbocycles. The molecule has 1 aliphatic heterocycles. The van der Waals surface area contributed by atoms with Crippen LogP contribution in [0.1, 0.15) is 43.0 Å². The van der Waals surface area contributed by atoms with Crippen molar-refractivity contribution in [3.63, 3.8) is 0 Å². The Hall–Kier alpha value is -3.60. The summed E-state index contributed by atoms with van der Waals surface area (Å²) >= 11 is 0. The lowest BCUT2D eigenvalue weighted by Gasteiger charge is -2.39. The van der Waals surface area contributed by atoms with E-state index in [0.717, 1.165) is 23.6 Å². The highest BCUT2D eigenvalue weighted by Gasteiger charge is 2.34. The van der Waals surface area contributed by atoms with Crippen LogP contribution < -0.4 is 21.7 Å². The summed E-state index contributed by atoms with van der Waals surface area (Å²) in [5.74, 6) is 1.14. The molecular weight excluding hydrogens is 464 g/mol. The van der Waals surface area contributed by atoms with Crippen LogP contribution in [0.3, 0.4) is 0 Å². The molecule has 5 N–H and O–H groups in total. The van der Waals surface area contributed by atoms with Crippen LogP contribution in [0.5, 0.6) is 0 Å². The molecule has 0 aromatic heterocycles. The monoisotopic (exact) mass is 510 g/mol. The van der Waals surface area contributed by atoms with Gasteiger partial charge in [-0.1, -0.05) is 111 Å². The van der Waals surface area contributed by atoms with E-state index in [0.29, 0.717) is 0 Å². The molecule has 0 bridgehead atoms. The van der Waals surface area contributed by atoms with Crippen molar-refractivity contribution < 1.29 is 0 Å². The number of nitrogens with two attached hydrogens (primary N) is 1. The molecule has 0 saturated carbocycles. The fraction of sp³-hybridized carbons (Fsp3) is 0.294. The number of benzene rings is 3. The SMILES string of the molecule is C=C1NC(Nc2ccccc2)=C(C(C)NC)C(Cc2cccc(C)c2)C1N.C=Cc1cccc(C)c1.CC. The fourth-order valence-corrected chi connectivity index (χ4v) is 4.53. The minimum absolute atomic E-state index is 0.141. The first kappa shape index (κ1) is 30.6. The first-order valence-corrected chi connectivity index (χ1v) is 13.5. The third-order valence-corrected chi connectivity index (χ3v) is 6.57. The molecular formula is C34H46N4. The summed E-state index contributed by atoms with van der Waals surface area (Å²) in [5.41, 5.74) is 14.8. The van der Waals surface area contributed by atoms with Crippen LogP contribution >= 0.6 is 0 Å². The number of likely N-dealkylation sites (N-methyl/N-ethyl adjacent to an activating group) is 1. The maximum atomic E-state index is 6.60. The van der Waals surface area contributed by atoms with Crippen LogP contribution in [0.25, 0.3) is 6.08 Å². The van der Waals surface area contributed by atoms with Crippen molar-refractivity contribution in [1.82, 2.24) is 10.6 Å². The Morgan fingerprint density at radius 3 is 2.13 bits per heavy atom. The third-order valence-electron chi connectivity index (χ3n) is 6.57. The molecule has 0 aliphatic carbocycles. The van der Waals surface area contributed by atoms with Gasteiger partial charge < -0.3 is 21.7 Å². The Morgan fingerprint density at radius 2 is 1.58 bits per heavy atom. The number of hydrogen-bond donors (Lipinski definition) is 4. The van der Waals surface area contributed by atoms with Gasteiger partial charge >= 0.3 is 0 Å². The van der Waals surface area contributed by atoms with E-state index in [4.69, 9.17) is 5.73 Å². The molecule has 0 radical (unpaired) electrons. The van der Waals surface area contributed by atoms with Crippen molar-refractivity contribution in [3.05, 3.63) is 131 Å². The minimum Gasteiger partial charge on any atom is -0.344 e. The van der Waals surface area contributed by atoms with Crippen molar-refractivity contribution in [2.45, 2.75) is 53.1 Å². The van der Waals surface area contributed by atoms with Crippen LogP contribution in [-0.4, -0.2) is 19.1 Å². The number of hydrogen-bond acceptors (Lipinski definition) is 4. The number of rotatable bonds is 7. The Bertz CT molecular complexity index is 1200. The third kappa shape index (κ3) is 8.76. The second kappa shape index (κ2) is 15.6. The van der Waals surface area contributed by atoms with Gasteiger partial charge in [0.25, 0.3) is 0 Å². The molecule has 0 amide bonds. The van der Waals surface area contributed by atoms with E-state index in [1.54, 1.807) is 0 Å². The smallest absolute Gasteiger partial charge is 0.108 e. The van der Waals surface area contributed by atoms with E-state index in [2.05, 4.69) is 98.4 Å². The predicted octanol–water partition coefficient (Wildman–Crippen LogP) is 7.19. The van der Waals surface area contributed by atoms with E-state index >= 15 is 0 Å². The molecule has 4 heteroatoms. The largest absolute Gasteiger partial charge is 0.344 e. The summed E-state index contributed by atoms with van der Waals surface area (Å²) in [7, 11) is 1.98. The molecule has 3 unspecified atom stereocenters. The Balaban J connectivity index is 0.000000387. The highest BCUT2D eigenvalue weighted by molar-refractivity contribution is 5.51. The highest BCUT2D eigenvalue weighted by atomic mass is 15.1. The summed E-state index contributed by atoms with van der Waals surface area (Å²) in [4.78, 5) is 0. The van der Waals surface area contributed by atoms with Gasteiger partial charge in [0, 0.05) is 23.3 Å². The average molecular weight is 511 g/mol. The van der Waals surface area contributed by atoms with Gasteiger partial charge in [0.1, 0.15) is 5.82 Å². The van der Waals surface area contributed by atoms with Crippen molar-refractivity contribution in [1.29, 1.82) is 0 Å². The number of nitrogens with one attached hydrogen (secondary N) is 3. The van der Waals surface area contributed by atoms with Crippen LogP contribution in [0, 0.1) is 19.8 Å². The quantitative estimate of drug-likeness (QED) is 0.272. The van der Waals surface area contributed by atoms with Crippen LogP contribution in [0.15, 0.2) is 109 Å². The van der Waals surface area contributed by atoms with Crippen LogP contribution in [0.4, 0.5) is 5.69 Å². The lowest BCUT2D eigenvalue weighted by molar-refractivity contribution is 0.437. The lowest BCUT2D eigenvalue weighted by atomic mass is 9.79. The topological polar surface area (TPSA) is 62.1 Å². The van der Waals surface area contributed by atoms with E-state index in [-0.39, 0.29) is 18.0 Å².